The van der Waals surface area contributed by atoms with Gasteiger partial charge in [0, 0.05) is 30.7 Å². The van der Waals surface area contributed by atoms with Gasteiger partial charge < -0.3 is 56.0 Å². The molecule has 2 aromatic heterocycles. The van der Waals surface area contributed by atoms with E-state index >= 15 is 0 Å². The summed E-state index contributed by atoms with van der Waals surface area (Å²) >= 11 is 0.796. The van der Waals surface area contributed by atoms with Crippen LogP contribution in [0.4, 0.5) is 5.82 Å². The Labute approximate surface area is 333 Å². The number of hydrogen-bond acceptors (Lipinski definition) is 19. The Hall–Kier alpha value is -2.97. The number of aliphatic hydroxyl groups excluding tert-OH is 2. The van der Waals surface area contributed by atoms with Gasteiger partial charge in [0.1, 0.15) is 42.2 Å². The van der Waals surface area contributed by atoms with E-state index < -0.39 is 102 Å². The summed E-state index contributed by atoms with van der Waals surface area (Å²) in [6.07, 6.45) is -5.04. The van der Waals surface area contributed by atoms with Crippen molar-refractivity contribution in [3.05, 3.63) is 12.7 Å². The van der Waals surface area contributed by atoms with Crippen LogP contribution in [0.15, 0.2) is 12.7 Å². The highest BCUT2D eigenvalue weighted by atomic mass is 32.2. The third kappa shape index (κ3) is 13.8. The van der Waals surface area contributed by atoms with Crippen LogP contribution in [0.3, 0.4) is 0 Å². The number of nitrogens with zero attached hydrogens (tertiary/aromatic N) is 4. The minimum Gasteiger partial charge on any atom is -0.481 e. The highest BCUT2D eigenvalue weighted by Gasteiger charge is 2.50. The molecule has 30 heteroatoms. The number of carbonyl (C=O) groups is 4. The molecule has 4 rings (SSSR count). The molecule has 8 atom stereocenters. The summed E-state index contributed by atoms with van der Waals surface area (Å²) in [6.45, 7) is 0.166. The Morgan fingerprint density at radius 3 is 2.36 bits per heavy atom. The van der Waals surface area contributed by atoms with Gasteiger partial charge in [-0.3, -0.25) is 37.3 Å². The predicted octanol–water partition coefficient (Wildman–Crippen LogP) is -0.834. The smallest absolute Gasteiger partial charge is 0.481 e. The van der Waals surface area contributed by atoms with Gasteiger partial charge >= 0.3 is 29.4 Å². The monoisotopic (exact) mass is 907 g/mol. The Morgan fingerprint density at radius 1 is 1.05 bits per heavy atom. The molecule has 0 bridgehead atoms. The number of aliphatic hydroxyl groups is 2. The van der Waals surface area contributed by atoms with E-state index in [1.807, 2.05) is 0 Å². The normalized spacial score (nSPS) is 23.1. The van der Waals surface area contributed by atoms with Gasteiger partial charge in [-0.2, -0.15) is 4.31 Å². The van der Waals surface area contributed by atoms with Crippen LogP contribution in [0, 0.1) is 17.3 Å². The average Bonchev–Trinajstić information content (AvgIpc) is 3.77. The number of nitrogens with two attached hydrogens (primary N) is 1. The van der Waals surface area contributed by atoms with E-state index in [-0.39, 0.29) is 54.6 Å². The lowest BCUT2D eigenvalue weighted by Crippen LogP contribution is -2.46. The topological polar surface area (TPSA) is 401 Å². The van der Waals surface area contributed by atoms with E-state index in [9.17, 15) is 67.8 Å². The van der Waals surface area contributed by atoms with Gasteiger partial charge in [-0.05, 0) is 12.3 Å². The van der Waals surface area contributed by atoms with E-state index in [0.29, 0.717) is 0 Å². The number of carbonyl (C=O) groups excluding carboxylic acids is 3. The number of phosphoric acid groups is 3. The van der Waals surface area contributed by atoms with E-state index in [0.717, 1.165) is 41.8 Å². The van der Waals surface area contributed by atoms with Crippen molar-refractivity contribution in [3.63, 3.8) is 0 Å². The predicted molar refractivity (Wildman–Crippen MR) is 196 cm³/mol. The number of fused-ring (bicyclic) bond motifs is 1. The molecule has 1 saturated heterocycles. The molecular formula is C28H44N7O19P3S. The average molecular weight is 908 g/mol. The summed E-state index contributed by atoms with van der Waals surface area (Å²) in [5.74, 6) is -3.53. The third-order valence-electron chi connectivity index (χ3n) is 8.59. The van der Waals surface area contributed by atoms with Crippen LogP contribution in [0.1, 0.15) is 45.8 Å². The molecule has 58 heavy (non-hydrogen) atoms. The fourth-order valence-electron chi connectivity index (χ4n) is 5.37. The van der Waals surface area contributed by atoms with Crippen molar-refractivity contribution in [2.24, 2.45) is 17.3 Å². The van der Waals surface area contributed by atoms with Crippen LogP contribution >= 0.6 is 35.2 Å². The zero-order chi connectivity index (χ0) is 43.2. The summed E-state index contributed by atoms with van der Waals surface area (Å²) < 4.78 is 62.1. The molecule has 1 saturated carbocycles. The number of nitrogen functional groups attached to an aromatic ring is 1. The van der Waals surface area contributed by atoms with Crippen molar-refractivity contribution in [2.75, 3.05) is 37.8 Å². The van der Waals surface area contributed by atoms with E-state index in [4.69, 9.17) is 19.5 Å². The molecule has 4 unspecified atom stereocenters. The first-order valence-corrected chi connectivity index (χ1v) is 22.7. The van der Waals surface area contributed by atoms with Crippen molar-refractivity contribution in [1.29, 1.82) is 0 Å². The summed E-state index contributed by atoms with van der Waals surface area (Å²) in [5.41, 5.74) is 4.20. The fraction of sp³-hybridized carbons (Fsp3) is 0.679. The van der Waals surface area contributed by atoms with Gasteiger partial charge in [0.2, 0.25) is 16.9 Å². The summed E-state index contributed by atoms with van der Waals surface area (Å²) in [7, 11) is -16.5. The minimum absolute atomic E-state index is 0.0199. The zero-order valence-corrected chi connectivity index (χ0v) is 34.2. The van der Waals surface area contributed by atoms with Gasteiger partial charge in [-0.25, -0.2) is 28.6 Å². The first kappa shape index (κ1) is 47.7. The molecule has 2 fully saturated rings. The Balaban J connectivity index is 1.22. The van der Waals surface area contributed by atoms with Crippen molar-refractivity contribution < 1.29 is 90.4 Å². The molecule has 326 valence electrons. The highest BCUT2D eigenvalue weighted by Crippen LogP contribution is 2.61. The number of anilines is 1. The van der Waals surface area contributed by atoms with E-state index in [1.165, 1.54) is 13.8 Å². The highest BCUT2D eigenvalue weighted by molar-refractivity contribution is 8.13. The number of carboxylic acids is 1. The second-order valence-electron chi connectivity index (χ2n) is 13.8. The Bertz CT molecular complexity index is 1960. The number of amides is 2. The second kappa shape index (κ2) is 19.6. The van der Waals surface area contributed by atoms with Gasteiger partial charge in [-0.1, -0.05) is 38.5 Å². The number of aliphatic carboxylic acids is 1. The van der Waals surface area contributed by atoms with Crippen LogP contribution < -0.4 is 16.4 Å². The maximum Gasteiger partial charge on any atom is 0.481 e. The van der Waals surface area contributed by atoms with Crippen LogP contribution in [0.25, 0.3) is 11.2 Å². The molecule has 26 nitrogen and oxygen atoms in total. The number of phosphoric ester groups is 3. The second-order valence-corrected chi connectivity index (χ2v) is 19.1. The summed E-state index contributed by atoms with van der Waals surface area (Å²) in [4.78, 5) is 99.3. The Morgan fingerprint density at radius 2 is 1.72 bits per heavy atom. The van der Waals surface area contributed by atoms with Crippen LogP contribution in [0.5, 0.6) is 0 Å². The molecule has 0 aromatic carbocycles. The largest absolute Gasteiger partial charge is 0.481 e. The van der Waals surface area contributed by atoms with Crippen LogP contribution in [-0.2, 0) is 55.5 Å². The summed E-state index contributed by atoms with van der Waals surface area (Å²) in [5, 5.41) is 35.1. The lowest BCUT2D eigenvalue weighted by molar-refractivity contribution is -0.144. The third-order valence-corrected chi connectivity index (χ3v) is 12.7. The maximum absolute atomic E-state index is 12.7. The number of rotatable bonds is 23. The molecule has 11 N–H and O–H groups in total. The minimum atomic E-state index is -5.59. The number of thioether (sulfide) groups is 1. The Kier molecular flexibility index (Phi) is 16.1. The molecule has 1 aliphatic carbocycles. The molecule has 2 aromatic rings. The molecule has 2 amide bonds. The van der Waals surface area contributed by atoms with Gasteiger partial charge in [0.05, 0.1) is 19.5 Å². The van der Waals surface area contributed by atoms with Gasteiger partial charge in [-0.15, -0.1) is 0 Å². The van der Waals surface area contributed by atoms with Crippen molar-refractivity contribution in [1.82, 2.24) is 30.2 Å². The SMILES string of the molecule is CC(C)(COP(=O)(O)OP(=O)(O)OC[C@H]1O[C@@H](n2cnc3c(N)ncnc32)[C@H](O)[C@@H]1OP(=O)(O)O)C(O)C(=O)NCCC(=O)NCCSC(=O)C(CC1CC1)C(=O)O. The molecule has 2 aliphatic rings. The standard InChI is InChI=1S/C28H44N7O19P3S/c1-28(2,21(38)24(39)31-6-5-17(36)30-7-8-58-27(42)15(26(40)41)9-14-3-4-14)11-51-57(48,49)54-56(46,47)50-10-16-20(53-55(43,44)45)19(37)25(52-16)35-13-34-18-22(29)32-12-33-23(18)35/h12-16,19-21,25,37-38H,3-11H2,1-2H3,(H,30,36)(H,31,39)(H,40,41)(H,46,47)(H,48,49)(H2,29,32,33)(H2,43,44,45)/t15?,16-,19-,20-,21?,25-/m1/s1. The summed E-state index contributed by atoms with van der Waals surface area (Å²) in [6, 6.07) is 0. The maximum atomic E-state index is 12.7. The van der Waals surface area contributed by atoms with Crippen LogP contribution in [-0.4, -0.2) is 134 Å². The van der Waals surface area contributed by atoms with Crippen molar-refractivity contribution >= 4 is 75.1 Å². The first-order valence-electron chi connectivity index (χ1n) is 17.2. The lowest BCUT2D eigenvalue weighted by Gasteiger charge is -2.30. The van der Waals surface area contributed by atoms with Crippen LogP contribution in [0.2, 0.25) is 0 Å². The number of aromatic nitrogens is 4. The number of imidazole rings is 1. The number of carboxylic acid groups (broad SMARTS) is 1. The van der Waals surface area contributed by atoms with Gasteiger partial charge in [0.15, 0.2) is 17.7 Å². The number of nitrogens with one attached hydrogen (secondary N) is 2. The first-order chi connectivity index (χ1) is 26.9. The molecule has 1 aliphatic heterocycles. The molecular weight excluding hydrogens is 863 g/mol. The molecule has 3 heterocycles. The fourth-order valence-corrected chi connectivity index (χ4v) is 9.00. The van der Waals surface area contributed by atoms with Crippen molar-refractivity contribution in [2.45, 2.75) is 70.2 Å². The molecule has 0 radical (unpaired) electrons. The number of ether oxygens (including phenoxy) is 1. The zero-order valence-electron chi connectivity index (χ0n) is 30.7. The molecule has 0 spiro atoms. The van der Waals surface area contributed by atoms with Gasteiger partial charge in [0.25, 0.3) is 0 Å². The van der Waals surface area contributed by atoms with E-state index in [1.54, 1.807) is 0 Å². The number of hydrogen-bond donors (Lipinski definition) is 10. The quantitative estimate of drug-likeness (QED) is 0.0369. The van der Waals surface area contributed by atoms with Crippen molar-refractivity contribution in [3.8, 4) is 0 Å². The lowest BCUT2D eigenvalue weighted by atomic mass is 9.87. The van der Waals surface area contributed by atoms with E-state index in [2.05, 4.69) is 34.4 Å².